The van der Waals surface area contributed by atoms with Gasteiger partial charge >= 0.3 is 6.03 Å². The largest absolute Gasteiger partial charge is 0.358 e. The lowest BCUT2D eigenvalue weighted by atomic mass is 10.2. The molecule has 0 aliphatic carbocycles. The Kier molecular flexibility index (Phi) is 5.34. The number of carbonyl (C=O) groups is 3. The van der Waals surface area contributed by atoms with Gasteiger partial charge in [0.25, 0.3) is 5.91 Å². The van der Waals surface area contributed by atoms with Crippen LogP contribution < -0.4 is 16.1 Å². The van der Waals surface area contributed by atoms with Gasteiger partial charge in [0.1, 0.15) is 6.54 Å². The molecule has 102 valence electrons. The Balaban J connectivity index is 2.74. The van der Waals surface area contributed by atoms with Gasteiger partial charge in [-0.15, -0.1) is 0 Å². The number of hydrogen-bond donors (Lipinski definition) is 3. The molecule has 0 aromatic heterocycles. The van der Waals surface area contributed by atoms with Crippen LogP contribution in [0, 0.1) is 0 Å². The van der Waals surface area contributed by atoms with E-state index in [1.807, 2.05) is 0 Å². The van der Waals surface area contributed by atoms with E-state index in [0.29, 0.717) is 5.56 Å². The molecule has 7 nitrogen and oxygen atoms in total. The first-order valence-electron chi connectivity index (χ1n) is 5.64. The van der Waals surface area contributed by atoms with Gasteiger partial charge in [0.05, 0.1) is 0 Å². The summed E-state index contributed by atoms with van der Waals surface area (Å²) < 4.78 is 0. The van der Waals surface area contributed by atoms with Gasteiger partial charge in [-0.2, -0.15) is 0 Å². The molecule has 0 bridgehead atoms. The molecule has 0 heterocycles. The fraction of sp³-hybridized carbons (Fsp3) is 0.250. The first-order chi connectivity index (χ1) is 9.08. The molecule has 0 atom stereocenters. The van der Waals surface area contributed by atoms with E-state index in [9.17, 15) is 14.4 Å². The van der Waals surface area contributed by atoms with Gasteiger partial charge < -0.3 is 10.6 Å². The van der Waals surface area contributed by atoms with Gasteiger partial charge in [0, 0.05) is 19.7 Å². The van der Waals surface area contributed by atoms with Crippen LogP contribution in [0.5, 0.6) is 0 Å². The highest BCUT2D eigenvalue weighted by molar-refractivity contribution is 5.95. The summed E-state index contributed by atoms with van der Waals surface area (Å²) >= 11 is 0. The van der Waals surface area contributed by atoms with Crippen molar-refractivity contribution in [1.82, 2.24) is 21.1 Å². The van der Waals surface area contributed by atoms with E-state index in [-0.39, 0.29) is 6.54 Å². The number of hydrazine groups is 1. The third-order valence-electron chi connectivity index (χ3n) is 2.31. The van der Waals surface area contributed by atoms with Gasteiger partial charge in [-0.1, -0.05) is 18.2 Å². The van der Waals surface area contributed by atoms with E-state index >= 15 is 0 Å². The van der Waals surface area contributed by atoms with Crippen LogP contribution in [0.2, 0.25) is 0 Å². The summed E-state index contributed by atoms with van der Waals surface area (Å²) in [5.74, 6) is -0.856. The lowest BCUT2D eigenvalue weighted by molar-refractivity contribution is -0.121. The Bertz CT molecular complexity index is 461. The molecule has 19 heavy (non-hydrogen) atoms. The predicted octanol–water partition coefficient (Wildman–Crippen LogP) is -0.281. The fourth-order valence-electron chi connectivity index (χ4n) is 1.30. The van der Waals surface area contributed by atoms with Gasteiger partial charge in [-0.05, 0) is 12.1 Å². The minimum atomic E-state index is -0.576. The maximum atomic E-state index is 11.9. The highest BCUT2D eigenvalue weighted by Crippen LogP contribution is 1.98. The number of amides is 4. The molecule has 1 aromatic rings. The summed E-state index contributed by atoms with van der Waals surface area (Å²) in [6.07, 6.45) is 0. The molecular weight excluding hydrogens is 248 g/mol. The maximum Gasteiger partial charge on any atom is 0.336 e. The lowest BCUT2D eigenvalue weighted by Crippen LogP contribution is -2.53. The maximum absolute atomic E-state index is 11.9. The lowest BCUT2D eigenvalue weighted by Gasteiger charge is -2.21. The smallest absolute Gasteiger partial charge is 0.336 e. The summed E-state index contributed by atoms with van der Waals surface area (Å²) in [6, 6.07) is 7.83. The third-order valence-corrected chi connectivity index (χ3v) is 2.31. The standard InChI is InChI=1S/C12H16N4O3/c1-13-10(17)8-16(12(19)14-2)15-11(18)9-6-4-3-5-7-9/h3-7H,8H2,1-2H3,(H,13,17)(H,14,19)(H,15,18). The number of rotatable bonds is 3. The molecule has 0 aliphatic rings. The van der Waals surface area contributed by atoms with Crippen molar-refractivity contribution >= 4 is 17.8 Å². The highest BCUT2D eigenvalue weighted by atomic mass is 16.2. The Hall–Kier alpha value is -2.57. The monoisotopic (exact) mass is 264 g/mol. The second kappa shape index (κ2) is 7.00. The molecule has 4 amide bonds. The van der Waals surface area contributed by atoms with Crippen molar-refractivity contribution in [3.63, 3.8) is 0 Å². The van der Waals surface area contributed by atoms with E-state index < -0.39 is 17.8 Å². The zero-order valence-corrected chi connectivity index (χ0v) is 10.8. The van der Waals surface area contributed by atoms with E-state index in [0.717, 1.165) is 5.01 Å². The number of nitrogens with zero attached hydrogens (tertiary/aromatic N) is 1. The van der Waals surface area contributed by atoms with Crippen molar-refractivity contribution in [2.75, 3.05) is 20.6 Å². The van der Waals surface area contributed by atoms with Gasteiger partial charge in [0.15, 0.2) is 0 Å². The topological polar surface area (TPSA) is 90.5 Å². The Morgan fingerprint density at radius 1 is 1.05 bits per heavy atom. The fourth-order valence-corrected chi connectivity index (χ4v) is 1.30. The number of likely N-dealkylation sites (N-methyl/N-ethyl adjacent to an activating group) is 1. The summed E-state index contributed by atoms with van der Waals surface area (Å²) in [5.41, 5.74) is 2.77. The van der Waals surface area contributed by atoms with Crippen LogP contribution in [0.3, 0.4) is 0 Å². The molecule has 3 N–H and O–H groups in total. The molecular formula is C12H16N4O3. The number of urea groups is 1. The summed E-state index contributed by atoms with van der Waals surface area (Å²) in [6.45, 7) is -0.269. The Labute approximate surface area is 110 Å². The van der Waals surface area contributed by atoms with Crippen LogP contribution in [0.25, 0.3) is 0 Å². The number of carbonyl (C=O) groups excluding carboxylic acids is 3. The summed E-state index contributed by atoms with van der Waals surface area (Å²) in [4.78, 5) is 34.7. The van der Waals surface area contributed by atoms with Crippen LogP contribution in [0.15, 0.2) is 30.3 Å². The van der Waals surface area contributed by atoms with Crippen molar-refractivity contribution in [3.8, 4) is 0 Å². The quantitative estimate of drug-likeness (QED) is 0.656. The van der Waals surface area contributed by atoms with Crippen LogP contribution in [-0.4, -0.2) is 43.5 Å². The van der Waals surface area contributed by atoms with Crippen molar-refractivity contribution in [3.05, 3.63) is 35.9 Å². The van der Waals surface area contributed by atoms with Crippen molar-refractivity contribution in [1.29, 1.82) is 0 Å². The first kappa shape index (κ1) is 14.5. The summed E-state index contributed by atoms with van der Waals surface area (Å²) in [5, 5.41) is 5.63. The van der Waals surface area contributed by atoms with Crippen molar-refractivity contribution < 1.29 is 14.4 Å². The molecule has 1 rings (SSSR count). The van der Waals surface area contributed by atoms with E-state index in [4.69, 9.17) is 0 Å². The van der Waals surface area contributed by atoms with E-state index in [2.05, 4.69) is 16.1 Å². The third kappa shape index (κ3) is 4.30. The zero-order valence-electron chi connectivity index (χ0n) is 10.8. The van der Waals surface area contributed by atoms with Crippen LogP contribution in [0.1, 0.15) is 10.4 Å². The number of nitrogens with one attached hydrogen (secondary N) is 3. The second-order valence-electron chi connectivity index (χ2n) is 3.62. The molecule has 1 aromatic carbocycles. The highest BCUT2D eigenvalue weighted by Gasteiger charge is 2.18. The normalized spacial score (nSPS) is 9.37. The molecule has 7 heteroatoms. The van der Waals surface area contributed by atoms with E-state index in [1.165, 1.54) is 14.1 Å². The second-order valence-corrected chi connectivity index (χ2v) is 3.62. The minimum absolute atomic E-state index is 0.269. The van der Waals surface area contributed by atoms with Crippen LogP contribution in [0.4, 0.5) is 4.79 Å². The number of hydrogen-bond acceptors (Lipinski definition) is 3. The molecule has 0 spiro atoms. The average Bonchev–Trinajstić information content (AvgIpc) is 2.46. The zero-order chi connectivity index (χ0) is 14.3. The molecule has 0 aliphatic heterocycles. The molecule has 0 fully saturated rings. The SMILES string of the molecule is CNC(=O)CN(NC(=O)c1ccccc1)C(=O)NC. The van der Waals surface area contributed by atoms with Crippen molar-refractivity contribution in [2.45, 2.75) is 0 Å². The van der Waals surface area contributed by atoms with E-state index in [1.54, 1.807) is 30.3 Å². The predicted molar refractivity (Wildman–Crippen MR) is 69.1 cm³/mol. The van der Waals surface area contributed by atoms with Crippen molar-refractivity contribution in [2.24, 2.45) is 0 Å². The first-order valence-corrected chi connectivity index (χ1v) is 5.64. The summed E-state index contributed by atoms with van der Waals surface area (Å²) in [7, 11) is 2.86. The number of benzene rings is 1. The van der Waals surface area contributed by atoms with Gasteiger partial charge in [-0.25, -0.2) is 9.80 Å². The average molecular weight is 264 g/mol. The van der Waals surface area contributed by atoms with Gasteiger partial charge in [-0.3, -0.25) is 15.0 Å². The molecule has 0 radical (unpaired) electrons. The van der Waals surface area contributed by atoms with Gasteiger partial charge in [0.2, 0.25) is 5.91 Å². The molecule has 0 saturated carbocycles. The molecule has 0 saturated heterocycles. The Morgan fingerprint density at radius 2 is 1.68 bits per heavy atom. The van der Waals surface area contributed by atoms with Crippen LogP contribution >= 0.6 is 0 Å². The Morgan fingerprint density at radius 3 is 2.21 bits per heavy atom. The minimum Gasteiger partial charge on any atom is -0.358 e. The van der Waals surface area contributed by atoms with Crippen LogP contribution in [-0.2, 0) is 4.79 Å². The molecule has 0 unspecified atom stereocenters.